The highest BCUT2D eigenvalue weighted by molar-refractivity contribution is 5.80. The summed E-state index contributed by atoms with van der Waals surface area (Å²) in [5, 5.41) is 4.83. The lowest BCUT2D eigenvalue weighted by Crippen LogP contribution is -2.13. The predicted octanol–water partition coefficient (Wildman–Crippen LogP) is 4.33. The number of nitrogens with zero attached hydrogens (tertiary/aromatic N) is 1. The second-order valence-corrected chi connectivity index (χ2v) is 5.29. The van der Waals surface area contributed by atoms with Gasteiger partial charge in [-0.05, 0) is 42.5 Å². The SMILES string of the molecule is CCCCCn1ccc2ccc(CNCCC)cc21. The van der Waals surface area contributed by atoms with E-state index in [0.717, 1.165) is 19.6 Å². The average Bonchev–Trinajstić information content (AvgIpc) is 2.82. The first-order chi connectivity index (χ1) is 9.35. The zero-order valence-electron chi connectivity index (χ0n) is 12.3. The number of benzene rings is 1. The van der Waals surface area contributed by atoms with E-state index in [9.17, 15) is 0 Å². The molecule has 2 aromatic rings. The Kier molecular flexibility index (Phi) is 5.46. The second kappa shape index (κ2) is 7.34. The third-order valence-corrected chi connectivity index (χ3v) is 3.60. The molecule has 0 aliphatic rings. The van der Waals surface area contributed by atoms with E-state index < -0.39 is 0 Å². The van der Waals surface area contributed by atoms with Gasteiger partial charge in [-0.15, -0.1) is 0 Å². The van der Waals surface area contributed by atoms with Gasteiger partial charge in [-0.25, -0.2) is 0 Å². The third kappa shape index (κ3) is 3.84. The first-order valence-electron chi connectivity index (χ1n) is 7.63. The van der Waals surface area contributed by atoms with Crippen molar-refractivity contribution in [2.75, 3.05) is 6.54 Å². The maximum absolute atomic E-state index is 3.47. The van der Waals surface area contributed by atoms with Gasteiger partial charge in [0, 0.05) is 24.8 Å². The molecule has 0 saturated heterocycles. The van der Waals surface area contributed by atoms with Crippen molar-refractivity contribution in [3.63, 3.8) is 0 Å². The van der Waals surface area contributed by atoms with Crippen LogP contribution in [0.4, 0.5) is 0 Å². The Morgan fingerprint density at radius 1 is 1.05 bits per heavy atom. The van der Waals surface area contributed by atoms with Crippen molar-refractivity contribution in [2.24, 2.45) is 0 Å². The molecule has 0 aliphatic heterocycles. The number of fused-ring (bicyclic) bond motifs is 1. The smallest absolute Gasteiger partial charge is 0.0483 e. The van der Waals surface area contributed by atoms with E-state index in [1.165, 1.54) is 42.1 Å². The van der Waals surface area contributed by atoms with E-state index in [4.69, 9.17) is 0 Å². The van der Waals surface area contributed by atoms with Crippen LogP contribution in [-0.4, -0.2) is 11.1 Å². The summed E-state index contributed by atoms with van der Waals surface area (Å²) in [6, 6.07) is 9.05. The van der Waals surface area contributed by atoms with Gasteiger partial charge in [-0.3, -0.25) is 0 Å². The summed E-state index contributed by atoms with van der Waals surface area (Å²) in [6.45, 7) is 7.67. The lowest BCUT2D eigenvalue weighted by atomic mass is 10.1. The van der Waals surface area contributed by atoms with Gasteiger partial charge in [0.25, 0.3) is 0 Å². The molecule has 1 N–H and O–H groups in total. The molecule has 0 aliphatic carbocycles. The summed E-state index contributed by atoms with van der Waals surface area (Å²) in [5.41, 5.74) is 2.77. The van der Waals surface area contributed by atoms with E-state index in [2.05, 4.69) is 54.2 Å². The number of hydrogen-bond donors (Lipinski definition) is 1. The maximum Gasteiger partial charge on any atom is 0.0483 e. The molecule has 2 nitrogen and oxygen atoms in total. The monoisotopic (exact) mass is 258 g/mol. The van der Waals surface area contributed by atoms with Crippen molar-refractivity contribution in [1.82, 2.24) is 9.88 Å². The van der Waals surface area contributed by atoms with Crippen molar-refractivity contribution >= 4 is 10.9 Å². The van der Waals surface area contributed by atoms with Gasteiger partial charge in [0.1, 0.15) is 0 Å². The van der Waals surface area contributed by atoms with Crippen LogP contribution in [0.15, 0.2) is 30.5 Å². The van der Waals surface area contributed by atoms with Crippen molar-refractivity contribution in [3.8, 4) is 0 Å². The molecule has 104 valence electrons. The highest BCUT2D eigenvalue weighted by atomic mass is 14.9. The molecule has 0 saturated carbocycles. The molecule has 2 heteroatoms. The minimum atomic E-state index is 0.976. The van der Waals surface area contributed by atoms with Gasteiger partial charge < -0.3 is 9.88 Å². The van der Waals surface area contributed by atoms with Crippen molar-refractivity contribution in [1.29, 1.82) is 0 Å². The van der Waals surface area contributed by atoms with Gasteiger partial charge in [0.2, 0.25) is 0 Å². The van der Waals surface area contributed by atoms with Crippen LogP contribution in [0.3, 0.4) is 0 Å². The number of aromatic nitrogens is 1. The fourth-order valence-electron chi connectivity index (χ4n) is 2.48. The van der Waals surface area contributed by atoms with Crippen LogP contribution in [0.1, 0.15) is 45.1 Å². The fourth-order valence-corrected chi connectivity index (χ4v) is 2.48. The van der Waals surface area contributed by atoms with Crippen LogP contribution in [0, 0.1) is 0 Å². The predicted molar refractivity (Wildman–Crippen MR) is 83.5 cm³/mol. The number of hydrogen-bond acceptors (Lipinski definition) is 1. The van der Waals surface area contributed by atoms with Crippen LogP contribution >= 0.6 is 0 Å². The van der Waals surface area contributed by atoms with Crippen LogP contribution in [0.2, 0.25) is 0 Å². The van der Waals surface area contributed by atoms with E-state index in [1.807, 2.05) is 0 Å². The van der Waals surface area contributed by atoms with Crippen molar-refractivity contribution in [2.45, 2.75) is 52.6 Å². The highest BCUT2D eigenvalue weighted by Crippen LogP contribution is 2.18. The quantitative estimate of drug-likeness (QED) is 0.697. The molecule has 2 rings (SSSR count). The number of aryl methyl sites for hydroxylation is 1. The lowest BCUT2D eigenvalue weighted by molar-refractivity contribution is 0.616. The van der Waals surface area contributed by atoms with Crippen LogP contribution in [-0.2, 0) is 13.1 Å². The van der Waals surface area contributed by atoms with E-state index in [0.29, 0.717) is 0 Å². The molecule has 0 amide bonds. The molecule has 0 radical (unpaired) electrons. The molecule has 19 heavy (non-hydrogen) atoms. The minimum Gasteiger partial charge on any atom is -0.347 e. The molecule has 0 atom stereocenters. The first-order valence-corrected chi connectivity index (χ1v) is 7.63. The Morgan fingerprint density at radius 3 is 2.74 bits per heavy atom. The number of rotatable bonds is 8. The van der Waals surface area contributed by atoms with Gasteiger partial charge in [0.15, 0.2) is 0 Å². The second-order valence-electron chi connectivity index (χ2n) is 5.29. The summed E-state index contributed by atoms with van der Waals surface area (Å²) >= 11 is 0. The maximum atomic E-state index is 3.47. The summed E-state index contributed by atoms with van der Waals surface area (Å²) in [6.07, 6.45) is 7.29. The van der Waals surface area contributed by atoms with Gasteiger partial charge in [-0.2, -0.15) is 0 Å². The zero-order valence-corrected chi connectivity index (χ0v) is 12.3. The summed E-state index contributed by atoms with van der Waals surface area (Å²) in [4.78, 5) is 0. The Balaban J connectivity index is 2.08. The van der Waals surface area contributed by atoms with Gasteiger partial charge >= 0.3 is 0 Å². The molecule has 0 unspecified atom stereocenters. The average molecular weight is 258 g/mol. The van der Waals surface area contributed by atoms with Gasteiger partial charge in [0.05, 0.1) is 0 Å². The number of nitrogens with one attached hydrogen (secondary N) is 1. The van der Waals surface area contributed by atoms with Crippen LogP contribution < -0.4 is 5.32 Å². The molecular formula is C17H26N2. The molecule has 1 aromatic heterocycles. The van der Waals surface area contributed by atoms with E-state index >= 15 is 0 Å². The Hall–Kier alpha value is -1.28. The normalized spacial score (nSPS) is 11.3. The minimum absolute atomic E-state index is 0.976. The summed E-state index contributed by atoms with van der Waals surface area (Å²) in [7, 11) is 0. The van der Waals surface area contributed by atoms with Crippen molar-refractivity contribution in [3.05, 3.63) is 36.0 Å². The largest absolute Gasteiger partial charge is 0.347 e. The van der Waals surface area contributed by atoms with E-state index in [-0.39, 0.29) is 0 Å². The van der Waals surface area contributed by atoms with Crippen LogP contribution in [0.25, 0.3) is 10.9 Å². The number of unbranched alkanes of at least 4 members (excludes halogenated alkanes) is 2. The standard InChI is InChI=1S/C17H26N2/c1-3-5-6-11-19-12-9-16-8-7-15(13-17(16)19)14-18-10-4-2/h7-9,12-13,18H,3-6,10-11,14H2,1-2H3. The fraction of sp³-hybridized carbons (Fsp3) is 0.529. The Bertz CT molecular complexity index is 499. The van der Waals surface area contributed by atoms with E-state index in [1.54, 1.807) is 0 Å². The summed E-state index contributed by atoms with van der Waals surface area (Å²) in [5.74, 6) is 0. The Labute approximate surface area is 116 Å². The molecule has 0 bridgehead atoms. The van der Waals surface area contributed by atoms with Crippen LogP contribution in [0.5, 0.6) is 0 Å². The highest BCUT2D eigenvalue weighted by Gasteiger charge is 2.02. The Morgan fingerprint density at radius 2 is 1.95 bits per heavy atom. The molecular weight excluding hydrogens is 232 g/mol. The molecule has 0 spiro atoms. The summed E-state index contributed by atoms with van der Waals surface area (Å²) < 4.78 is 2.40. The van der Waals surface area contributed by atoms with Gasteiger partial charge in [-0.1, -0.05) is 38.8 Å². The molecule has 0 fully saturated rings. The molecule has 1 aromatic carbocycles. The first kappa shape index (κ1) is 14.1. The lowest BCUT2D eigenvalue weighted by Gasteiger charge is -2.07. The topological polar surface area (TPSA) is 17.0 Å². The zero-order chi connectivity index (χ0) is 13.5. The van der Waals surface area contributed by atoms with Crippen molar-refractivity contribution < 1.29 is 0 Å². The third-order valence-electron chi connectivity index (χ3n) is 3.60. The molecule has 1 heterocycles.